The third kappa shape index (κ3) is 4.36. The quantitative estimate of drug-likeness (QED) is 0.627. The van der Waals surface area contributed by atoms with Gasteiger partial charge in [-0.05, 0) is 42.3 Å². The molecule has 3 aromatic carbocycles. The first-order valence-electron chi connectivity index (χ1n) is 7.75. The van der Waals surface area contributed by atoms with Crippen LogP contribution in [0.15, 0.2) is 78.9 Å². The Morgan fingerprint density at radius 1 is 0.565 bits per heavy atom. The average Bonchev–Trinajstić information content (AvgIpc) is 2.61. The van der Waals surface area contributed by atoms with Gasteiger partial charge >= 0.3 is 0 Å². The lowest BCUT2D eigenvalue weighted by Gasteiger charge is -2.12. The van der Waals surface area contributed by atoms with Crippen LogP contribution in [0.3, 0.4) is 0 Å². The first-order chi connectivity index (χ1) is 11.3. The first-order valence-corrected chi connectivity index (χ1v) is 7.75. The molecule has 0 aliphatic heterocycles. The molecule has 2 heteroatoms. The van der Waals surface area contributed by atoms with Crippen molar-refractivity contribution in [2.75, 3.05) is 0 Å². The fraction of sp³-hybridized carbons (Fsp3) is 0.143. The molecule has 0 unspecified atom stereocenters. The van der Waals surface area contributed by atoms with Gasteiger partial charge in [-0.1, -0.05) is 60.2 Å². The van der Waals surface area contributed by atoms with Gasteiger partial charge in [0.1, 0.15) is 24.7 Å². The monoisotopic (exact) mass is 304 g/mol. The van der Waals surface area contributed by atoms with Crippen LogP contribution >= 0.6 is 0 Å². The second kappa shape index (κ2) is 7.50. The molecule has 2 nitrogen and oxygen atoms in total. The fourth-order valence-corrected chi connectivity index (χ4v) is 2.31. The molecule has 0 spiro atoms. The molecule has 0 fully saturated rings. The lowest BCUT2D eigenvalue weighted by Crippen LogP contribution is -2.03. The van der Waals surface area contributed by atoms with Crippen molar-refractivity contribution in [2.45, 2.75) is 20.1 Å². The second-order valence-corrected chi connectivity index (χ2v) is 5.47. The normalized spacial score (nSPS) is 10.3. The number of hydrogen-bond donors (Lipinski definition) is 0. The molecule has 116 valence electrons. The molecule has 0 aliphatic carbocycles. The standard InChI is InChI=1S/C21H20O2/c1-17-11-13-21(14-12-17)23-16-19-8-6-5-7-18(19)15-22-20-9-3-2-4-10-20/h2-14H,15-16H2,1H3. The van der Waals surface area contributed by atoms with Crippen molar-refractivity contribution in [3.05, 3.63) is 95.6 Å². The molecule has 0 radical (unpaired) electrons. The maximum Gasteiger partial charge on any atom is 0.119 e. The van der Waals surface area contributed by atoms with Crippen LogP contribution in [0.1, 0.15) is 16.7 Å². The Morgan fingerprint density at radius 2 is 1.04 bits per heavy atom. The molecule has 0 bridgehead atoms. The van der Waals surface area contributed by atoms with Crippen molar-refractivity contribution in [3.8, 4) is 11.5 Å². The summed E-state index contributed by atoms with van der Waals surface area (Å²) >= 11 is 0. The topological polar surface area (TPSA) is 18.5 Å². The van der Waals surface area contributed by atoms with Crippen molar-refractivity contribution in [1.82, 2.24) is 0 Å². The summed E-state index contributed by atoms with van der Waals surface area (Å²) in [6.45, 7) is 3.15. The maximum atomic E-state index is 5.88. The minimum atomic E-state index is 0.539. The third-order valence-corrected chi connectivity index (χ3v) is 3.67. The molecule has 3 aromatic rings. The largest absolute Gasteiger partial charge is 0.489 e. The van der Waals surface area contributed by atoms with Gasteiger partial charge in [-0.15, -0.1) is 0 Å². The van der Waals surface area contributed by atoms with Crippen molar-refractivity contribution in [3.63, 3.8) is 0 Å². The predicted octanol–water partition coefficient (Wildman–Crippen LogP) is 5.15. The van der Waals surface area contributed by atoms with Crippen LogP contribution < -0.4 is 9.47 Å². The molecular formula is C21H20O2. The minimum Gasteiger partial charge on any atom is -0.489 e. The van der Waals surface area contributed by atoms with Gasteiger partial charge in [-0.3, -0.25) is 0 Å². The van der Waals surface area contributed by atoms with E-state index in [-0.39, 0.29) is 0 Å². The van der Waals surface area contributed by atoms with Gasteiger partial charge in [0.2, 0.25) is 0 Å². The second-order valence-electron chi connectivity index (χ2n) is 5.47. The first kappa shape index (κ1) is 15.2. The van der Waals surface area contributed by atoms with E-state index < -0.39 is 0 Å². The molecule has 0 N–H and O–H groups in total. The van der Waals surface area contributed by atoms with Crippen molar-refractivity contribution in [1.29, 1.82) is 0 Å². The Kier molecular flexibility index (Phi) is 4.95. The van der Waals surface area contributed by atoms with Crippen molar-refractivity contribution < 1.29 is 9.47 Å². The van der Waals surface area contributed by atoms with E-state index in [1.54, 1.807) is 0 Å². The summed E-state index contributed by atoms with van der Waals surface area (Å²) in [4.78, 5) is 0. The number of para-hydroxylation sites is 1. The number of benzene rings is 3. The summed E-state index contributed by atoms with van der Waals surface area (Å²) < 4.78 is 11.7. The molecule has 0 saturated carbocycles. The summed E-state index contributed by atoms with van der Waals surface area (Å²) in [7, 11) is 0. The molecule has 23 heavy (non-hydrogen) atoms. The zero-order valence-electron chi connectivity index (χ0n) is 13.2. The van der Waals surface area contributed by atoms with Gasteiger partial charge in [0.15, 0.2) is 0 Å². The summed E-state index contributed by atoms with van der Waals surface area (Å²) in [5, 5.41) is 0. The van der Waals surface area contributed by atoms with E-state index in [1.807, 2.05) is 54.6 Å². The van der Waals surface area contributed by atoms with E-state index in [9.17, 15) is 0 Å². The molecule has 0 amide bonds. The fourth-order valence-electron chi connectivity index (χ4n) is 2.31. The summed E-state index contributed by atoms with van der Waals surface area (Å²) in [6, 6.07) is 26.2. The van der Waals surface area contributed by atoms with E-state index in [1.165, 1.54) is 5.56 Å². The van der Waals surface area contributed by atoms with Crippen molar-refractivity contribution >= 4 is 0 Å². The Labute approximate surface area is 137 Å². The Balaban J connectivity index is 1.64. The molecule has 0 saturated heterocycles. The van der Waals surface area contributed by atoms with Crippen molar-refractivity contribution in [2.24, 2.45) is 0 Å². The highest BCUT2D eigenvalue weighted by molar-refractivity contribution is 5.30. The third-order valence-electron chi connectivity index (χ3n) is 3.67. The molecule has 0 aliphatic rings. The highest BCUT2D eigenvalue weighted by atomic mass is 16.5. The Hall–Kier alpha value is -2.74. The molecule has 0 heterocycles. The number of rotatable bonds is 6. The van der Waals surface area contributed by atoms with Gasteiger partial charge in [0.25, 0.3) is 0 Å². The van der Waals surface area contributed by atoms with Gasteiger partial charge < -0.3 is 9.47 Å². The van der Waals surface area contributed by atoms with E-state index in [0.29, 0.717) is 13.2 Å². The Bertz CT molecular complexity index is 733. The molecule has 3 rings (SSSR count). The van der Waals surface area contributed by atoms with Crippen LogP contribution in [0.5, 0.6) is 11.5 Å². The summed E-state index contributed by atoms with van der Waals surface area (Å²) in [6.07, 6.45) is 0. The lowest BCUT2D eigenvalue weighted by molar-refractivity contribution is 0.285. The van der Waals surface area contributed by atoms with Crippen LogP contribution in [0.2, 0.25) is 0 Å². The van der Waals surface area contributed by atoms with Crippen LogP contribution in [0.25, 0.3) is 0 Å². The van der Waals surface area contributed by atoms with Crippen LogP contribution in [-0.4, -0.2) is 0 Å². The van der Waals surface area contributed by atoms with Gasteiger partial charge in [0.05, 0.1) is 0 Å². The maximum absolute atomic E-state index is 5.88. The average molecular weight is 304 g/mol. The van der Waals surface area contributed by atoms with Gasteiger partial charge in [0, 0.05) is 0 Å². The highest BCUT2D eigenvalue weighted by Crippen LogP contribution is 2.18. The number of aryl methyl sites for hydroxylation is 1. The van der Waals surface area contributed by atoms with E-state index in [4.69, 9.17) is 9.47 Å². The van der Waals surface area contributed by atoms with E-state index in [2.05, 4.69) is 31.2 Å². The van der Waals surface area contributed by atoms with Crippen LogP contribution in [0.4, 0.5) is 0 Å². The van der Waals surface area contributed by atoms with E-state index >= 15 is 0 Å². The molecule has 0 atom stereocenters. The lowest BCUT2D eigenvalue weighted by atomic mass is 10.1. The van der Waals surface area contributed by atoms with Crippen LogP contribution in [0, 0.1) is 6.92 Å². The Morgan fingerprint density at radius 3 is 1.61 bits per heavy atom. The molecule has 0 aromatic heterocycles. The summed E-state index contributed by atoms with van der Waals surface area (Å²) in [5.41, 5.74) is 3.52. The summed E-state index contributed by atoms with van der Waals surface area (Å²) in [5.74, 6) is 1.76. The molecular weight excluding hydrogens is 284 g/mol. The zero-order valence-corrected chi connectivity index (χ0v) is 13.2. The number of hydrogen-bond acceptors (Lipinski definition) is 2. The van der Waals surface area contributed by atoms with Crippen LogP contribution in [-0.2, 0) is 13.2 Å². The van der Waals surface area contributed by atoms with Gasteiger partial charge in [-0.25, -0.2) is 0 Å². The zero-order chi connectivity index (χ0) is 15.9. The van der Waals surface area contributed by atoms with E-state index in [0.717, 1.165) is 22.6 Å². The predicted molar refractivity (Wildman–Crippen MR) is 92.7 cm³/mol. The minimum absolute atomic E-state index is 0.539. The SMILES string of the molecule is Cc1ccc(OCc2ccccc2COc2ccccc2)cc1. The highest BCUT2D eigenvalue weighted by Gasteiger charge is 2.04. The smallest absolute Gasteiger partial charge is 0.119 e. The van der Waals surface area contributed by atoms with Gasteiger partial charge in [-0.2, -0.15) is 0 Å². The number of ether oxygens (including phenoxy) is 2.